The Balaban J connectivity index is 1.48. The van der Waals surface area contributed by atoms with E-state index in [0.29, 0.717) is 22.6 Å². The van der Waals surface area contributed by atoms with Crippen LogP contribution in [-0.4, -0.2) is 20.5 Å². The maximum Gasteiger partial charge on any atom is 0.435 e. The molecule has 1 amide bonds. The molecular weight excluding hydrogens is 497 g/mol. The lowest BCUT2D eigenvalue weighted by molar-refractivity contribution is -0.140. The van der Waals surface area contributed by atoms with Gasteiger partial charge in [0, 0.05) is 17.4 Å². The fraction of sp³-hybridized carbons (Fsp3) is 0.107. The predicted molar refractivity (Wildman–Crippen MR) is 136 cm³/mol. The molecule has 5 aromatic rings. The molecule has 2 heterocycles. The summed E-state index contributed by atoms with van der Waals surface area (Å²) in [6.45, 7) is 1.77. The Bertz CT molecular complexity index is 1680. The third-order valence-corrected chi connectivity index (χ3v) is 5.87. The van der Waals surface area contributed by atoms with Gasteiger partial charge in [0.2, 0.25) is 0 Å². The smallest absolute Gasteiger partial charge is 0.435 e. The van der Waals surface area contributed by atoms with Crippen LogP contribution >= 0.6 is 0 Å². The monoisotopic (exact) mass is 518 g/mol. The lowest BCUT2D eigenvalue weighted by Gasteiger charge is -2.11. The molecular formula is C28H21F3N4O3. The molecule has 0 bridgehead atoms. The Morgan fingerprint density at radius 3 is 2.37 bits per heavy atom. The molecule has 192 valence electrons. The van der Waals surface area contributed by atoms with E-state index in [4.69, 9.17) is 4.74 Å². The number of carbonyl (C=O) groups excluding carboxylic acids is 1. The predicted octanol–water partition coefficient (Wildman–Crippen LogP) is 5.85. The molecule has 0 fully saturated rings. The lowest BCUT2D eigenvalue weighted by atomic mass is 10.1. The first kappa shape index (κ1) is 24.8. The highest BCUT2D eigenvalue weighted by atomic mass is 19.4. The van der Waals surface area contributed by atoms with E-state index in [1.54, 1.807) is 42.5 Å². The fourth-order valence-electron chi connectivity index (χ4n) is 4.13. The number of halogens is 3. The van der Waals surface area contributed by atoms with Crippen LogP contribution in [0.2, 0.25) is 0 Å². The third-order valence-electron chi connectivity index (χ3n) is 5.87. The molecule has 0 aliphatic rings. The minimum Gasteiger partial charge on any atom is -0.489 e. The number of aryl methyl sites for hydroxylation is 1. The van der Waals surface area contributed by atoms with Gasteiger partial charge in [-0.15, -0.1) is 0 Å². The van der Waals surface area contributed by atoms with Crippen LogP contribution in [0.5, 0.6) is 5.75 Å². The number of ether oxygens (including phenoxy) is 1. The van der Waals surface area contributed by atoms with Crippen molar-refractivity contribution in [3.05, 3.63) is 118 Å². The highest BCUT2D eigenvalue weighted by molar-refractivity contribution is 6.05. The van der Waals surface area contributed by atoms with Crippen molar-refractivity contribution in [1.82, 2.24) is 14.6 Å². The van der Waals surface area contributed by atoms with Crippen LogP contribution in [0.3, 0.4) is 0 Å². The van der Waals surface area contributed by atoms with Gasteiger partial charge in [0.25, 0.3) is 11.5 Å². The molecule has 0 unspecified atom stereocenters. The fourth-order valence-corrected chi connectivity index (χ4v) is 4.13. The number of alkyl halides is 3. The number of anilines is 1. The van der Waals surface area contributed by atoms with Crippen LogP contribution in [0.1, 0.15) is 27.3 Å². The summed E-state index contributed by atoms with van der Waals surface area (Å²) in [5.41, 5.74) is -1.34. The van der Waals surface area contributed by atoms with Gasteiger partial charge in [-0.1, -0.05) is 66.7 Å². The van der Waals surface area contributed by atoms with Crippen LogP contribution in [0.25, 0.3) is 16.8 Å². The van der Waals surface area contributed by atoms with Crippen molar-refractivity contribution < 1.29 is 22.7 Å². The van der Waals surface area contributed by atoms with E-state index < -0.39 is 23.3 Å². The molecule has 38 heavy (non-hydrogen) atoms. The number of carbonyl (C=O) groups is 1. The average molecular weight is 518 g/mol. The number of rotatable bonds is 6. The van der Waals surface area contributed by atoms with Crippen LogP contribution in [0.15, 0.2) is 89.7 Å². The normalized spacial score (nSPS) is 11.5. The van der Waals surface area contributed by atoms with E-state index in [1.165, 1.54) is 19.1 Å². The minimum atomic E-state index is -4.83. The van der Waals surface area contributed by atoms with Gasteiger partial charge >= 0.3 is 6.18 Å². The van der Waals surface area contributed by atoms with E-state index in [0.717, 1.165) is 5.56 Å². The summed E-state index contributed by atoms with van der Waals surface area (Å²) >= 11 is 0. The van der Waals surface area contributed by atoms with Crippen molar-refractivity contribution in [2.75, 3.05) is 5.32 Å². The maximum absolute atomic E-state index is 13.9. The first-order valence-electron chi connectivity index (χ1n) is 11.6. The minimum absolute atomic E-state index is 0.0993. The Labute approximate surface area is 214 Å². The number of fused-ring (bicyclic) bond motifs is 1. The molecule has 0 saturated heterocycles. The topological polar surface area (TPSA) is 88.5 Å². The summed E-state index contributed by atoms with van der Waals surface area (Å²) in [6, 6.07) is 23.9. The van der Waals surface area contributed by atoms with Crippen LogP contribution in [-0.2, 0) is 12.8 Å². The van der Waals surface area contributed by atoms with Gasteiger partial charge in [-0.25, -0.2) is 0 Å². The highest BCUT2D eigenvalue weighted by Gasteiger charge is 2.39. The largest absolute Gasteiger partial charge is 0.489 e. The summed E-state index contributed by atoms with van der Waals surface area (Å²) in [6.07, 6.45) is -4.83. The van der Waals surface area contributed by atoms with E-state index in [-0.39, 0.29) is 28.0 Å². The Morgan fingerprint density at radius 1 is 1.00 bits per heavy atom. The number of aromatic amines is 1. The summed E-state index contributed by atoms with van der Waals surface area (Å²) in [5.74, 6) is -0.307. The van der Waals surface area contributed by atoms with E-state index >= 15 is 0 Å². The second kappa shape index (κ2) is 9.89. The number of nitrogens with zero attached hydrogens (tertiary/aromatic N) is 2. The van der Waals surface area contributed by atoms with Gasteiger partial charge in [0.1, 0.15) is 23.6 Å². The number of amides is 1. The first-order chi connectivity index (χ1) is 18.2. The van der Waals surface area contributed by atoms with Crippen molar-refractivity contribution in [2.45, 2.75) is 19.7 Å². The van der Waals surface area contributed by atoms with Crippen molar-refractivity contribution in [3.8, 4) is 16.9 Å². The molecule has 7 nitrogen and oxygen atoms in total. The molecule has 5 rings (SSSR count). The number of aromatic nitrogens is 3. The number of benzene rings is 3. The molecule has 0 radical (unpaired) electrons. The van der Waals surface area contributed by atoms with Crippen molar-refractivity contribution in [2.24, 2.45) is 0 Å². The van der Waals surface area contributed by atoms with Crippen molar-refractivity contribution >= 4 is 17.2 Å². The highest BCUT2D eigenvalue weighted by Crippen LogP contribution is 2.38. The number of hydrogen-bond acceptors (Lipinski definition) is 4. The molecule has 3 aromatic carbocycles. The van der Waals surface area contributed by atoms with Gasteiger partial charge in [-0.3, -0.25) is 9.59 Å². The molecule has 0 aliphatic heterocycles. The zero-order chi connectivity index (χ0) is 26.9. The average Bonchev–Trinajstić information content (AvgIpc) is 3.29. The van der Waals surface area contributed by atoms with Gasteiger partial charge in [0.15, 0.2) is 5.69 Å². The van der Waals surface area contributed by atoms with Crippen LogP contribution < -0.4 is 15.6 Å². The Kier molecular flexibility index (Phi) is 6.46. The number of hydrogen-bond donors (Lipinski definition) is 2. The second-order valence-corrected chi connectivity index (χ2v) is 8.53. The Morgan fingerprint density at radius 2 is 1.68 bits per heavy atom. The van der Waals surface area contributed by atoms with E-state index in [1.807, 2.05) is 30.3 Å². The van der Waals surface area contributed by atoms with Crippen molar-refractivity contribution in [1.29, 1.82) is 0 Å². The van der Waals surface area contributed by atoms with Crippen molar-refractivity contribution in [3.63, 3.8) is 0 Å². The lowest BCUT2D eigenvalue weighted by Crippen LogP contribution is -2.29. The molecule has 2 N–H and O–H groups in total. The van der Waals surface area contributed by atoms with E-state index in [9.17, 15) is 22.8 Å². The summed E-state index contributed by atoms with van der Waals surface area (Å²) in [5, 5.41) is 6.19. The molecule has 0 saturated carbocycles. The van der Waals surface area contributed by atoms with Gasteiger partial charge in [0.05, 0.1) is 5.56 Å². The third kappa shape index (κ3) is 4.88. The maximum atomic E-state index is 13.9. The molecule has 0 atom stereocenters. The van der Waals surface area contributed by atoms with Crippen LogP contribution in [0, 0.1) is 6.92 Å². The molecule has 0 spiro atoms. The molecule has 10 heteroatoms. The summed E-state index contributed by atoms with van der Waals surface area (Å²) in [4.78, 5) is 29.2. The second-order valence-electron chi connectivity index (χ2n) is 8.53. The van der Waals surface area contributed by atoms with Gasteiger partial charge in [-0.2, -0.15) is 22.8 Å². The van der Waals surface area contributed by atoms with Gasteiger partial charge < -0.3 is 15.0 Å². The standard InChI is InChI=1S/C28H21F3N4O3/c1-17-22(26(36)33-20-13-8-14-21(15-20)38-16-18-9-4-2-5-10-18)27(37)35-25(32-17)23(19-11-6-3-7-12-19)24(34-35)28(29,30)31/h2-15,32H,16H2,1H3,(H,33,36). The van der Waals surface area contributed by atoms with Crippen LogP contribution in [0.4, 0.5) is 18.9 Å². The SMILES string of the molecule is Cc1[nH]c2c(-c3ccccc3)c(C(F)(F)F)nn2c(=O)c1C(=O)Nc1cccc(OCc2ccccc2)c1. The van der Waals surface area contributed by atoms with E-state index in [2.05, 4.69) is 15.4 Å². The summed E-state index contributed by atoms with van der Waals surface area (Å²) < 4.78 is 48.0. The molecule has 2 aromatic heterocycles. The Hall–Kier alpha value is -4.86. The number of nitrogens with one attached hydrogen (secondary N) is 2. The quantitative estimate of drug-likeness (QED) is 0.295. The number of H-pyrrole nitrogens is 1. The zero-order valence-corrected chi connectivity index (χ0v) is 20.0. The molecule has 0 aliphatic carbocycles. The zero-order valence-electron chi connectivity index (χ0n) is 20.0. The summed E-state index contributed by atoms with van der Waals surface area (Å²) in [7, 11) is 0. The first-order valence-corrected chi connectivity index (χ1v) is 11.6. The van der Waals surface area contributed by atoms with Gasteiger partial charge in [-0.05, 0) is 30.2 Å².